The van der Waals surface area contributed by atoms with Crippen molar-refractivity contribution < 1.29 is 9.84 Å². The Morgan fingerprint density at radius 1 is 1.20 bits per heavy atom. The van der Waals surface area contributed by atoms with E-state index in [1.54, 1.807) is 0 Å². The van der Waals surface area contributed by atoms with Gasteiger partial charge in [0.15, 0.2) is 0 Å². The predicted molar refractivity (Wildman–Crippen MR) is 77.6 cm³/mol. The van der Waals surface area contributed by atoms with E-state index in [-0.39, 0.29) is 6.10 Å². The minimum Gasteiger partial charge on any atom is -0.393 e. The first-order chi connectivity index (χ1) is 9.74. The van der Waals surface area contributed by atoms with Gasteiger partial charge in [-0.25, -0.2) is 0 Å². The van der Waals surface area contributed by atoms with E-state index in [1.165, 1.54) is 32.2 Å². The molecule has 2 heterocycles. The van der Waals surface area contributed by atoms with Crippen LogP contribution in [0.15, 0.2) is 0 Å². The standard InChI is InChI=1S/C16H28N2O2/c19-15-4-1-12-7-18(8-14(12)15)10-16(5-6-20-11-16)9-17-13-2-3-13/h12-15,17,19H,1-11H2. The van der Waals surface area contributed by atoms with E-state index in [0.717, 1.165) is 51.2 Å². The van der Waals surface area contributed by atoms with Crippen LogP contribution in [0.5, 0.6) is 0 Å². The molecule has 4 heteroatoms. The first kappa shape index (κ1) is 13.5. The number of fused-ring (bicyclic) bond motifs is 1. The number of nitrogens with zero attached hydrogens (tertiary/aromatic N) is 1. The number of aliphatic hydroxyl groups excluding tert-OH is 1. The SMILES string of the molecule is OC1CCC2CN(CC3(CNC4CC4)CCOC3)CC12. The minimum absolute atomic E-state index is 0.0367. The maximum Gasteiger partial charge on any atom is 0.0583 e. The molecule has 0 aromatic carbocycles. The lowest BCUT2D eigenvalue weighted by molar-refractivity contribution is 0.0989. The van der Waals surface area contributed by atoms with Crippen molar-refractivity contribution in [1.29, 1.82) is 0 Å². The number of hydrogen-bond acceptors (Lipinski definition) is 4. The molecule has 4 unspecified atom stereocenters. The summed E-state index contributed by atoms with van der Waals surface area (Å²) in [6.07, 6.45) is 6.13. The van der Waals surface area contributed by atoms with Crippen molar-refractivity contribution in [3.8, 4) is 0 Å². The van der Waals surface area contributed by atoms with Crippen LogP contribution < -0.4 is 5.32 Å². The molecule has 2 aliphatic carbocycles. The van der Waals surface area contributed by atoms with Crippen LogP contribution in [-0.4, -0.2) is 61.5 Å². The summed E-state index contributed by atoms with van der Waals surface area (Å²) in [5, 5.41) is 13.8. The van der Waals surface area contributed by atoms with Gasteiger partial charge >= 0.3 is 0 Å². The smallest absolute Gasteiger partial charge is 0.0583 e. The fourth-order valence-corrected chi connectivity index (χ4v) is 4.55. The van der Waals surface area contributed by atoms with Gasteiger partial charge in [-0.05, 0) is 38.0 Å². The molecule has 4 fully saturated rings. The van der Waals surface area contributed by atoms with Gasteiger partial charge in [0.1, 0.15) is 0 Å². The molecule has 0 bridgehead atoms. The molecule has 114 valence electrons. The van der Waals surface area contributed by atoms with E-state index in [2.05, 4.69) is 10.2 Å². The van der Waals surface area contributed by atoms with Gasteiger partial charge in [-0.2, -0.15) is 0 Å². The fraction of sp³-hybridized carbons (Fsp3) is 1.00. The molecule has 4 aliphatic rings. The van der Waals surface area contributed by atoms with Gasteiger partial charge < -0.3 is 20.1 Å². The van der Waals surface area contributed by atoms with Gasteiger partial charge in [0.25, 0.3) is 0 Å². The van der Waals surface area contributed by atoms with Gasteiger partial charge in [-0.3, -0.25) is 0 Å². The highest BCUT2D eigenvalue weighted by atomic mass is 16.5. The molecule has 20 heavy (non-hydrogen) atoms. The Morgan fingerprint density at radius 2 is 2.10 bits per heavy atom. The third-order valence-electron chi connectivity index (χ3n) is 5.98. The number of rotatable bonds is 5. The molecule has 2 N–H and O–H groups in total. The lowest BCUT2D eigenvalue weighted by atomic mass is 9.86. The quantitative estimate of drug-likeness (QED) is 0.783. The monoisotopic (exact) mass is 280 g/mol. The van der Waals surface area contributed by atoms with Crippen molar-refractivity contribution in [2.75, 3.05) is 39.4 Å². The number of ether oxygens (including phenoxy) is 1. The van der Waals surface area contributed by atoms with Crippen LogP contribution in [0.3, 0.4) is 0 Å². The maximum atomic E-state index is 10.1. The highest BCUT2D eigenvalue weighted by molar-refractivity contribution is 4.98. The van der Waals surface area contributed by atoms with Crippen LogP contribution in [-0.2, 0) is 4.74 Å². The first-order valence-electron chi connectivity index (χ1n) is 8.46. The van der Waals surface area contributed by atoms with E-state index in [9.17, 15) is 5.11 Å². The van der Waals surface area contributed by atoms with E-state index < -0.39 is 0 Å². The Bertz CT molecular complexity index is 352. The average Bonchev–Trinajstić information content (AvgIpc) is 2.86. The summed E-state index contributed by atoms with van der Waals surface area (Å²) in [6.45, 7) is 6.43. The minimum atomic E-state index is -0.0367. The Hall–Kier alpha value is -0.160. The average molecular weight is 280 g/mol. The second-order valence-corrected chi connectivity index (χ2v) is 7.72. The van der Waals surface area contributed by atoms with Gasteiger partial charge in [-0.15, -0.1) is 0 Å². The predicted octanol–water partition coefficient (Wildman–Crippen LogP) is 0.848. The van der Waals surface area contributed by atoms with E-state index in [4.69, 9.17) is 4.74 Å². The molecule has 0 spiro atoms. The molecule has 0 aromatic heterocycles. The zero-order valence-electron chi connectivity index (χ0n) is 12.4. The zero-order chi connectivity index (χ0) is 13.6. The van der Waals surface area contributed by atoms with E-state index >= 15 is 0 Å². The van der Waals surface area contributed by atoms with Crippen LogP contribution in [0.25, 0.3) is 0 Å². The van der Waals surface area contributed by atoms with Gasteiger partial charge in [0, 0.05) is 50.2 Å². The molecule has 2 saturated carbocycles. The van der Waals surface area contributed by atoms with Crippen molar-refractivity contribution >= 4 is 0 Å². The molecular weight excluding hydrogens is 252 g/mol. The van der Waals surface area contributed by atoms with Crippen molar-refractivity contribution in [1.82, 2.24) is 10.2 Å². The van der Waals surface area contributed by atoms with Crippen molar-refractivity contribution in [3.05, 3.63) is 0 Å². The summed E-state index contributed by atoms with van der Waals surface area (Å²) >= 11 is 0. The van der Waals surface area contributed by atoms with Crippen LogP contribution >= 0.6 is 0 Å². The lowest BCUT2D eigenvalue weighted by Gasteiger charge is -2.33. The third kappa shape index (κ3) is 2.63. The van der Waals surface area contributed by atoms with Crippen molar-refractivity contribution in [2.45, 2.75) is 44.2 Å². The second-order valence-electron chi connectivity index (χ2n) is 7.72. The van der Waals surface area contributed by atoms with Crippen LogP contribution in [0.4, 0.5) is 0 Å². The molecule has 4 rings (SSSR count). The fourth-order valence-electron chi connectivity index (χ4n) is 4.55. The summed E-state index contributed by atoms with van der Waals surface area (Å²) in [5.41, 5.74) is 0.326. The van der Waals surface area contributed by atoms with Gasteiger partial charge in [0.2, 0.25) is 0 Å². The molecular formula is C16H28N2O2. The van der Waals surface area contributed by atoms with Crippen LogP contribution in [0, 0.1) is 17.3 Å². The summed E-state index contributed by atoms with van der Waals surface area (Å²) in [6, 6.07) is 0.784. The lowest BCUT2D eigenvalue weighted by Crippen LogP contribution is -2.45. The highest BCUT2D eigenvalue weighted by Gasteiger charge is 2.45. The topological polar surface area (TPSA) is 44.7 Å². The summed E-state index contributed by atoms with van der Waals surface area (Å²) < 4.78 is 5.72. The molecule has 4 nitrogen and oxygen atoms in total. The van der Waals surface area contributed by atoms with Crippen LogP contribution in [0.1, 0.15) is 32.1 Å². The summed E-state index contributed by atoms with van der Waals surface area (Å²) in [7, 11) is 0. The van der Waals surface area contributed by atoms with Crippen LogP contribution in [0.2, 0.25) is 0 Å². The number of hydrogen-bond donors (Lipinski definition) is 2. The first-order valence-corrected chi connectivity index (χ1v) is 8.46. The molecule has 0 radical (unpaired) electrons. The summed E-state index contributed by atoms with van der Waals surface area (Å²) in [5.74, 6) is 1.30. The zero-order valence-corrected chi connectivity index (χ0v) is 12.4. The number of likely N-dealkylation sites (tertiary alicyclic amines) is 1. The number of aliphatic hydroxyl groups is 1. The Balaban J connectivity index is 1.36. The molecule has 4 atom stereocenters. The highest BCUT2D eigenvalue weighted by Crippen LogP contribution is 2.40. The second kappa shape index (κ2) is 5.24. The van der Waals surface area contributed by atoms with E-state index in [1.807, 2.05) is 0 Å². The Morgan fingerprint density at radius 3 is 2.80 bits per heavy atom. The third-order valence-corrected chi connectivity index (χ3v) is 5.98. The molecule has 2 aliphatic heterocycles. The Kier molecular flexibility index (Phi) is 3.53. The Labute approximate surface area is 121 Å². The number of nitrogens with one attached hydrogen (secondary N) is 1. The molecule has 0 aromatic rings. The largest absolute Gasteiger partial charge is 0.393 e. The maximum absolute atomic E-state index is 10.1. The summed E-state index contributed by atoms with van der Waals surface area (Å²) in [4.78, 5) is 2.61. The van der Waals surface area contributed by atoms with E-state index in [0.29, 0.717) is 11.3 Å². The van der Waals surface area contributed by atoms with Gasteiger partial charge in [0.05, 0.1) is 12.7 Å². The van der Waals surface area contributed by atoms with Crippen molar-refractivity contribution in [3.63, 3.8) is 0 Å². The normalized spacial score (nSPS) is 45.1. The van der Waals surface area contributed by atoms with Crippen molar-refractivity contribution in [2.24, 2.45) is 17.3 Å². The van der Waals surface area contributed by atoms with Gasteiger partial charge in [-0.1, -0.05) is 0 Å². The molecule has 2 saturated heterocycles. The molecule has 0 amide bonds.